The largest absolute Gasteiger partial charge is 0.0654 e. The van der Waals surface area contributed by atoms with Crippen molar-refractivity contribution in [3.63, 3.8) is 0 Å². The first-order valence-corrected chi connectivity index (χ1v) is 15.3. The lowest BCUT2D eigenvalue weighted by Crippen LogP contribution is -2.26. The zero-order valence-corrected chi connectivity index (χ0v) is 22.4. The van der Waals surface area contributed by atoms with Gasteiger partial charge in [-0.05, 0) is 74.2 Å². The molecule has 2 saturated carbocycles. The van der Waals surface area contributed by atoms with Crippen LogP contribution in [0.5, 0.6) is 0 Å². The van der Waals surface area contributed by atoms with Gasteiger partial charge in [0.05, 0.1) is 0 Å². The first-order chi connectivity index (χ1) is 16.3. The van der Waals surface area contributed by atoms with Crippen LogP contribution in [0.1, 0.15) is 160 Å². The van der Waals surface area contributed by atoms with Crippen molar-refractivity contribution in [2.24, 2.45) is 10.8 Å². The predicted molar refractivity (Wildman–Crippen MR) is 147 cm³/mol. The van der Waals surface area contributed by atoms with Crippen molar-refractivity contribution in [3.05, 3.63) is 35.9 Å². The summed E-state index contributed by atoms with van der Waals surface area (Å²) in [5, 5.41) is 0. The third kappa shape index (κ3) is 9.78. The summed E-state index contributed by atoms with van der Waals surface area (Å²) >= 11 is 0. The van der Waals surface area contributed by atoms with Crippen molar-refractivity contribution in [2.45, 2.75) is 161 Å². The van der Waals surface area contributed by atoms with E-state index in [0.717, 1.165) is 5.41 Å². The molecule has 0 heterocycles. The van der Waals surface area contributed by atoms with Gasteiger partial charge in [-0.3, -0.25) is 0 Å². The summed E-state index contributed by atoms with van der Waals surface area (Å²) in [6.45, 7) is 2.33. The normalized spacial score (nSPS) is 20.0. The molecule has 0 bridgehead atoms. The number of unbranched alkanes of at least 4 members (excludes halogenated alkanes) is 7. The van der Waals surface area contributed by atoms with Crippen LogP contribution < -0.4 is 0 Å². The molecule has 188 valence electrons. The van der Waals surface area contributed by atoms with E-state index in [2.05, 4.69) is 37.3 Å². The van der Waals surface area contributed by atoms with Gasteiger partial charge >= 0.3 is 0 Å². The quantitative estimate of drug-likeness (QED) is 0.219. The maximum atomic E-state index is 2.34. The molecule has 1 aromatic carbocycles. The van der Waals surface area contributed by atoms with Crippen LogP contribution in [0, 0.1) is 10.8 Å². The molecule has 0 atom stereocenters. The molecule has 0 saturated heterocycles. The zero-order chi connectivity index (χ0) is 23.1. The highest BCUT2D eigenvalue weighted by Gasteiger charge is 2.33. The third-order valence-electron chi connectivity index (χ3n) is 9.59. The number of benzene rings is 1. The van der Waals surface area contributed by atoms with Crippen molar-refractivity contribution in [2.75, 3.05) is 0 Å². The lowest BCUT2D eigenvalue weighted by molar-refractivity contribution is 0.128. The summed E-state index contributed by atoms with van der Waals surface area (Å²) in [7, 11) is 0. The average Bonchev–Trinajstić information content (AvgIpc) is 2.87. The Kier molecular flexibility index (Phi) is 12.4. The zero-order valence-electron chi connectivity index (χ0n) is 22.4. The lowest BCUT2D eigenvalue weighted by Gasteiger charge is -2.40. The Morgan fingerprint density at radius 3 is 1.52 bits per heavy atom. The SMILES string of the molecule is CCCCCCCCCC1(CCCCC2(CCc3ccccc3)CCCCC2)CCCCC1. The molecule has 2 aliphatic carbocycles. The third-order valence-corrected chi connectivity index (χ3v) is 9.59. The minimum atomic E-state index is 0.659. The fourth-order valence-corrected chi connectivity index (χ4v) is 7.36. The average molecular weight is 453 g/mol. The molecule has 3 rings (SSSR count). The molecule has 0 amide bonds. The molecule has 0 spiro atoms. The highest BCUT2D eigenvalue weighted by molar-refractivity contribution is 5.15. The molecule has 2 aliphatic rings. The molecular formula is C33H56. The fourth-order valence-electron chi connectivity index (χ4n) is 7.36. The molecule has 0 aliphatic heterocycles. The van der Waals surface area contributed by atoms with E-state index in [1.807, 2.05) is 0 Å². The summed E-state index contributed by atoms with van der Waals surface area (Å²) in [4.78, 5) is 0. The van der Waals surface area contributed by atoms with E-state index in [4.69, 9.17) is 0 Å². The molecule has 1 aromatic rings. The van der Waals surface area contributed by atoms with Gasteiger partial charge in [0.2, 0.25) is 0 Å². The van der Waals surface area contributed by atoms with Gasteiger partial charge in [0, 0.05) is 0 Å². The van der Waals surface area contributed by atoms with Gasteiger partial charge in [-0.15, -0.1) is 0 Å². The van der Waals surface area contributed by atoms with Crippen molar-refractivity contribution < 1.29 is 0 Å². The van der Waals surface area contributed by atoms with Crippen LogP contribution in [-0.4, -0.2) is 0 Å². The Labute approximate surface area is 207 Å². The van der Waals surface area contributed by atoms with E-state index in [9.17, 15) is 0 Å². The van der Waals surface area contributed by atoms with E-state index < -0.39 is 0 Å². The van der Waals surface area contributed by atoms with Gasteiger partial charge in [-0.2, -0.15) is 0 Å². The summed E-state index contributed by atoms with van der Waals surface area (Å²) in [6.07, 6.45) is 35.6. The fraction of sp³-hybridized carbons (Fsp3) is 0.818. The van der Waals surface area contributed by atoms with Crippen LogP contribution in [0.3, 0.4) is 0 Å². The van der Waals surface area contributed by atoms with Gasteiger partial charge in [0.1, 0.15) is 0 Å². The van der Waals surface area contributed by atoms with Gasteiger partial charge < -0.3 is 0 Å². The van der Waals surface area contributed by atoms with Gasteiger partial charge in [-0.1, -0.05) is 134 Å². The lowest BCUT2D eigenvalue weighted by atomic mass is 9.66. The van der Waals surface area contributed by atoms with Crippen molar-refractivity contribution in [1.29, 1.82) is 0 Å². The van der Waals surface area contributed by atoms with E-state index in [1.54, 1.807) is 24.8 Å². The van der Waals surface area contributed by atoms with Crippen LogP contribution in [0.2, 0.25) is 0 Å². The molecule has 0 nitrogen and oxygen atoms in total. The van der Waals surface area contributed by atoms with Gasteiger partial charge in [-0.25, -0.2) is 0 Å². The molecular weight excluding hydrogens is 396 g/mol. The Morgan fingerprint density at radius 2 is 0.970 bits per heavy atom. The van der Waals surface area contributed by atoms with Crippen LogP contribution in [0.4, 0.5) is 0 Å². The first kappa shape index (κ1) is 26.8. The summed E-state index contributed by atoms with van der Waals surface area (Å²) in [5.74, 6) is 0. The molecule has 0 radical (unpaired) electrons. The topological polar surface area (TPSA) is 0 Å². The second-order valence-electron chi connectivity index (χ2n) is 12.2. The molecule has 2 fully saturated rings. The standard InChI is InChI=1S/C33H56/c1-2-3-4-5-6-7-13-23-32(24-14-9-15-25-32)28-18-19-29-33(26-16-10-17-27-33)30-22-31-20-11-8-12-21-31/h8,11-12,20-21H,2-7,9-10,13-19,22-30H2,1H3. The van der Waals surface area contributed by atoms with Crippen LogP contribution in [-0.2, 0) is 6.42 Å². The van der Waals surface area contributed by atoms with Crippen molar-refractivity contribution in [3.8, 4) is 0 Å². The second kappa shape index (κ2) is 15.3. The Morgan fingerprint density at radius 1 is 0.515 bits per heavy atom. The minimum Gasteiger partial charge on any atom is -0.0654 e. The highest BCUT2D eigenvalue weighted by atomic mass is 14.4. The minimum absolute atomic E-state index is 0.659. The maximum absolute atomic E-state index is 2.34. The van der Waals surface area contributed by atoms with E-state index in [1.165, 1.54) is 135 Å². The Hall–Kier alpha value is -0.780. The molecule has 0 N–H and O–H groups in total. The van der Waals surface area contributed by atoms with Crippen LogP contribution in [0.15, 0.2) is 30.3 Å². The Balaban J connectivity index is 1.41. The number of rotatable bonds is 16. The monoisotopic (exact) mass is 452 g/mol. The number of aryl methyl sites for hydroxylation is 1. The predicted octanol–water partition coefficient (Wildman–Crippen LogP) is 11.2. The summed E-state index contributed by atoms with van der Waals surface area (Å²) in [5.41, 5.74) is 2.94. The van der Waals surface area contributed by atoms with Crippen LogP contribution >= 0.6 is 0 Å². The smallest absolute Gasteiger partial charge is 0.0274 e. The van der Waals surface area contributed by atoms with Gasteiger partial charge in [0.25, 0.3) is 0 Å². The van der Waals surface area contributed by atoms with E-state index in [0.29, 0.717) is 5.41 Å². The van der Waals surface area contributed by atoms with Crippen molar-refractivity contribution >= 4 is 0 Å². The maximum Gasteiger partial charge on any atom is -0.0274 e. The van der Waals surface area contributed by atoms with Gasteiger partial charge in [0.15, 0.2) is 0 Å². The van der Waals surface area contributed by atoms with E-state index in [-0.39, 0.29) is 0 Å². The highest BCUT2D eigenvalue weighted by Crippen LogP contribution is 2.47. The first-order valence-electron chi connectivity index (χ1n) is 15.3. The van der Waals surface area contributed by atoms with Crippen LogP contribution in [0.25, 0.3) is 0 Å². The molecule has 0 unspecified atom stereocenters. The van der Waals surface area contributed by atoms with Crippen molar-refractivity contribution in [1.82, 2.24) is 0 Å². The molecule has 0 heteroatoms. The number of hydrogen-bond acceptors (Lipinski definition) is 0. The molecule has 33 heavy (non-hydrogen) atoms. The summed E-state index contributed by atoms with van der Waals surface area (Å²) < 4.78 is 0. The molecule has 0 aromatic heterocycles. The summed E-state index contributed by atoms with van der Waals surface area (Å²) in [6, 6.07) is 11.3. The van der Waals surface area contributed by atoms with E-state index >= 15 is 0 Å². The second-order valence-corrected chi connectivity index (χ2v) is 12.2. The number of hydrogen-bond donors (Lipinski definition) is 0. The Bertz CT molecular complexity index is 588.